The van der Waals surface area contributed by atoms with Crippen LogP contribution in [0.5, 0.6) is 0 Å². The fourth-order valence-electron chi connectivity index (χ4n) is 2.96. The maximum absolute atomic E-state index is 13.1. The number of ketones is 2. The van der Waals surface area contributed by atoms with Crippen molar-refractivity contribution in [1.29, 1.82) is 0 Å². The van der Waals surface area contributed by atoms with Crippen molar-refractivity contribution in [2.75, 3.05) is 23.7 Å². The maximum atomic E-state index is 13.1. The lowest BCUT2D eigenvalue weighted by Crippen LogP contribution is -2.31. The van der Waals surface area contributed by atoms with Crippen molar-refractivity contribution in [1.82, 2.24) is 4.98 Å². The molecule has 0 aliphatic carbocycles. The van der Waals surface area contributed by atoms with E-state index in [1.54, 1.807) is 18.0 Å². The molecular formula is C20H16N2O2S3. The van der Waals surface area contributed by atoms with E-state index in [1.165, 1.54) is 23.5 Å². The van der Waals surface area contributed by atoms with Crippen molar-refractivity contribution in [3.63, 3.8) is 0 Å². The van der Waals surface area contributed by atoms with Gasteiger partial charge in [0, 0.05) is 29.7 Å². The minimum Gasteiger partial charge on any atom is -0.362 e. The Balaban J connectivity index is 1.60. The lowest BCUT2D eigenvalue weighted by Gasteiger charge is -2.23. The monoisotopic (exact) mass is 412 g/mol. The van der Waals surface area contributed by atoms with Crippen LogP contribution in [0, 0.1) is 0 Å². The van der Waals surface area contributed by atoms with Crippen molar-refractivity contribution in [2.24, 2.45) is 0 Å². The number of rotatable bonds is 4. The van der Waals surface area contributed by atoms with E-state index in [9.17, 15) is 9.59 Å². The van der Waals surface area contributed by atoms with Crippen LogP contribution in [-0.2, 0) is 4.79 Å². The molecule has 0 saturated heterocycles. The van der Waals surface area contributed by atoms with Crippen LogP contribution < -0.4 is 4.90 Å². The number of anilines is 1. The Morgan fingerprint density at radius 3 is 2.59 bits per heavy atom. The second kappa shape index (κ2) is 8.37. The molecule has 4 rings (SSSR count). The first-order chi connectivity index (χ1) is 13.2. The molecule has 0 saturated carbocycles. The van der Waals surface area contributed by atoms with E-state index in [4.69, 9.17) is 0 Å². The normalized spacial score (nSPS) is 16.7. The molecule has 0 unspecified atom stereocenters. The third-order valence-electron chi connectivity index (χ3n) is 4.19. The number of carbonyl (C=O) groups excluding carboxylic acids is 2. The smallest absolute Gasteiger partial charge is 0.200 e. The summed E-state index contributed by atoms with van der Waals surface area (Å²) in [6.45, 7) is 0.879. The van der Waals surface area contributed by atoms with Gasteiger partial charge in [-0.1, -0.05) is 41.7 Å². The van der Waals surface area contributed by atoms with Crippen molar-refractivity contribution in [2.45, 2.75) is 5.03 Å². The number of para-hydroxylation sites is 1. The van der Waals surface area contributed by atoms with E-state index in [0.717, 1.165) is 20.7 Å². The number of thioether (sulfide) groups is 3. The van der Waals surface area contributed by atoms with E-state index >= 15 is 0 Å². The van der Waals surface area contributed by atoms with Gasteiger partial charge in [-0.3, -0.25) is 9.59 Å². The van der Waals surface area contributed by atoms with Gasteiger partial charge in [0.2, 0.25) is 0 Å². The summed E-state index contributed by atoms with van der Waals surface area (Å²) >= 11 is 4.54. The van der Waals surface area contributed by atoms with Crippen LogP contribution in [0.4, 0.5) is 5.69 Å². The van der Waals surface area contributed by atoms with Crippen LogP contribution in [0.2, 0.25) is 0 Å². The average Bonchev–Trinajstić information content (AvgIpc) is 3.19. The summed E-state index contributed by atoms with van der Waals surface area (Å²) in [7, 11) is 0. The van der Waals surface area contributed by atoms with Gasteiger partial charge in [0.1, 0.15) is 0 Å². The van der Waals surface area contributed by atoms with Crippen LogP contribution in [0.15, 0.2) is 74.3 Å². The molecule has 0 fully saturated rings. The Hall–Kier alpha value is -1.96. The standard InChI is InChI=1S/C20H16N2O2S3/c23-16-13-22(9-10-25-17-7-3-4-8-21-17)15-6-2-1-5-14(15)19(24)18(16)20-26-11-12-27-20/h1-8,11-12H,9-10,13H2. The third-order valence-corrected chi connectivity index (χ3v) is 7.24. The molecule has 27 heavy (non-hydrogen) atoms. The maximum Gasteiger partial charge on any atom is 0.200 e. The Morgan fingerprint density at radius 1 is 1.04 bits per heavy atom. The van der Waals surface area contributed by atoms with Crippen LogP contribution in [0.1, 0.15) is 10.4 Å². The molecule has 1 aromatic heterocycles. The molecule has 4 nitrogen and oxygen atoms in total. The number of nitrogens with zero attached hydrogens (tertiary/aromatic N) is 2. The lowest BCUT2D eigenvalue weighted by atomic mass is 10.0. The van der Waals surface area contributed by atoms with E-state index in [1.807, 2.05) is 58.2 Å². The second-order valence-electron chi connectivity index (χ2n) is 5.88. The van der Waals surface area contributed by atoms with Crippen LogP contribution in [0.25, 0.3) is 0 Å². The van der Waals surface area contributed by atoms with Crippen LogP contribution in [0.3, 0.4) is 0 Å². The third kappa shape index (κ3) is 4.00. The highest BCUT2D eigenvalue weighted by Crippen LogP contribution is 2.42. The van der Waals surface area contributed by atoms with Gasteiger partial charge in [-0.2, -0.15) is 0 Å². The fraction of sp³-hybridized carbons (Fsp3) is 0.150. The molecule has 0 radical (unpaired) electrons. The SMILES string of the molecule is O=C1CN(CCSc2ccccn2)c2ccccc2C(=O)C1=C1SC=CS1. The van der Waals surface area contributed by atoms with Gasteiger partial charge in [0.25, 0.3) is 0 Å². The van der Waals surface area contributed by atoms with Gasteiger partial charge in [0.15, 0.2) is 11.6 Å². The number of carbonyl (C=O) groups is 2. The van der Waals surface area contributed by atoms with Gasteiger partial charge in [-0.05, 0) is 35.1 Å². The second-order valence-corrected chi connectivity index (χ2v) is 9.08. The lowest BCUT2D eigenvalue weighted by molar-refractivity contribution is -0.114. The molecule has 7 heteroatoms. The first-order valence-corrected chi connectivity index (χ1v) is 11.2. The molecular weight excluding hydrogens is 396 g/mol. The molecule has 1 aromatic carbocycles. The molecule has 0 N–H and O–H groups in total. The van der Waals surface area contributed by atoms with Crippen LogP contribution in [-0.4, -0.2) is 35.4 Å². The highest BCUT2D eigenvalue weighted by Gasteiger charge is 2.32. The summed E-state index contributed by atoms with van der Waals surface area (Å²) in [4.78, 5) is 32.4. The summed E-state index contributed by atoms with van der Waals surface area (Å²) in [5, 5.41) is 4.77. The van der Waals surface area contributed by atoms with Crippen molar-refractivity contribution >= 4 is 52.5 Å². The quantitative estimate of drug-likeness (QED) is 0.413. The molecule has 0 bridgehead atoms. The molecule has 3 heterocycles. The zero-order chi connectivity index (χ0) is 18.6. The van der Waals surface area contributed by atoms with E-state index in [0.29, 0.717) is 17.7 Å². The van der Waals surface area contributed by atoms with Gasteiger partial charge in [-0.25, -0.2) is 4.98 Å². The molecule has 136 valence electrons. The Morgan fingerprint density at radius 2 is 1.81 bits per heavy atom. The first-order valence-electron chi connectivity index (χ1n) is 8.42. The summed E-state index contributed by atoms with van der Waals surface area (Å²) in [6.07, 6.45) is 1.77. The zero-order valence-electron chi connectivity index (χ0n) is 14.3. The molecule has 0 spiro atoms. The predicted octanol–water partition coefficient (Wildman–Crippen LogP) is 4.61. The van der Waals surface area contributed by atoms with Gasteiger partial charge < -0.3 is 4.90 Å². The number of pyridine rings is 1. The Kier molecular flexibility index (Phi) is 5.71. The summed E-state index contributed by atoms with van der Waals surface area (Å²) in [5.41, 5.74) is 1.75. The minimum absolute atomic E-state index is 0.113. The van der Waals surface area contributed by atoms with E-state index in [2.05, 4.69) is 4.98 Å². The van der Waals surface area contributed by atoms with Crippen molar-refractivity contribution in [3.05, 3.63) is 74.9 Å². The highest BCUT2D eigenvalue weighted by molar-refractivity contribution is 8.27. The largest absolute Gasteiger partial charge is 0.362 e. The summed E-state index contributed by atoms with van der Waals surface area (Å²) in [5.74, 6) is 0.496. The molecule has 0 atom stereocenters. The first kappa shape index (κ1) is 18.4. The summed E-state index contributed by atoms with van der Waals surface area (Å²) in [6, 6.07) is 13.3. The van der Waals surface area contributed by atoms with Crippen molar-refractivity contribution < 1.29 is 9.59 Å². The van der Waals surface area contributed by atoms with Gasteiger partial charge >= 0.3 is 0 Å². The van der Waals surface area contributed by atoms with E-state index < -0.39 is 0 Å². The Bertz CT molecular complexity index is 931. The Labute approximate surface area is 170 Å². The molecule has 2 aliphatic heterocycles. The number of aromatic nitrogens is 1. The van der Waals surface area contributed by atoms with Crippen molar-refractivity contribution in [3.8, 4) is 0 Å². The molecule has 0 amide bonds. The van der Waals surface area contributed by atoms with E-state index in [-0.39, 0.29) is 18.1 Å². The molecule has 2 aliphatic rings. The summed E-state index contributed by atoms with van der Waals surface area (Å²) < 4.78 is 0.782. The number of hydrogen-bond acceptors (Lipinski definition) is 7. The van der Waals surface area contributed by atoms with Gasteiger partial charge in [0.05, 0.1) is 21.4 Å². The van der Waals surface area contributed by atoms with Gasteiger partial charge in [-0.15, -0.1) is 11.8 Å². The zero-order valence-corrected chi connectivity index (χ0v) is 16.8. The number of hydrogen-bond donors (Lipinski definition) is 0. The molecule has 2 aromatic rings. The fourth-order valence-corrected chi connectivity index (χ4v) is 5.69. The number of benzene rings is 1. The minimum atomic E-state index is -0.172. The number of fused-ring (bicyclic) bond motifs is 1. The predicted molar refractivity (Wildman–Crippen MR) is 114 cm³/mol. The highest BCUT2D eigenvalue weighted by atomic mass is 32.2. The number of Topliss-reactive ketones (excluding diaryl/α,β-unsaturated/α-hetero) is 2. The van der Waals surface area contributed by atoms with Crippen LogP contribution >= 0.6 is 35.3 Å². The topological polar surface area (TPSA) is 50.3 Å². The average molecular weight is 413 g/mol.